The number of carbonyl (C=O) groups is 2. The second kappa shape index (κ2) is 8.46. The molecule has 0 heterocycles. The zero-order valence-electron chi connectivity index (χ0n) is 11.6. The minimum atomic E-state index is -0.430. The van der Waals surface area contributed by atoms with Crippen LogP contribution in [0.4, 0.5) is 5.69 Å². The number of amides is 1. The van der Waals surface area contributed by atoms with Gasteiger partial charge in [-0.3, -0.25) is 9.59 Å². The number of hydrogen-bond acceptors (Lipinski definition) is 4. The molecule has 22 heavy (non-hydrogen) atoms. The Morgan fingerprint density at radius 1 is 1.05 bits per heavy atom. The largest absolute Gasteiger partial charge is 0.455 e. The van der Waals surface area contributed by atoms with E-state index in [-0.39, 0.29) is 18.3 Å². The monoisotopic (exact) mass is 335 g/mol. The molecule has 0 saturated carbocycles. The van der Waals surface area contributed by atoms with Crippen LogP contribution in [0, 0.1) is 0 Å². The number of benzene rings is 2. The average molecular weight is 336 g/mol. The fourth-order valence-corrected chi connectivity index (χ4v) is 2.42. The lowest BCUT2D eigenvalue weighted by atomic mass is 10.3. The molecule has 0 spiro atoms. The van der Waals surface area contributed by atoms with E-state index in [2.05, 4.69) is 5.32 Å². The van der Waals surface area contributed by atoms with Crippen molar-refractivity contribution in [3.05, 3.63) is 59.6 Å². The first-order valence-corrected chi connectivity index (χ1v) is 7.89. The highest BCUT2D eigenvalue weighted by Gasteiger charge is 2.08. The summed E-state index contributed by atoms with van der Waals surface area (Å²) in [6, 6.07) is 16.2. The van der Waals surface area contributed by atoms with Crippen molar-refractivity contribution in [1.82, 2.24) is 0 Å². The third-order valence-electron chi connectivity index (χ3n) is 2.59. The maximum Gasteiger partial charge on any atom is 0.316 e. The number of nitrogens with one attached hydrogen (secondary N) is 1. The molecule has 0 bridgehead atoms. The molecule has 1 amide bonds. The van der Waals surface area contributed by atoms with E-state index < -0.39 is 5.97 Å². The van der Waals surface area contributed by atoms with Gasteiger partial charge in [0.2, 0.25) is 0 Å². The number of esters is 1. The van der Waals surface area contributed by atoms with Gasteiger partial charge < -0.3 is 10.1 Å². The van der Waals surface area contributed by atoms with Crippen molar-refractivity contribution in [3.63, 3.8) is 0 Å². The summed E-state index contributed by atoms with van der Waals surface area (Å²) in [5, 5.41) is 3.20. The highest BCUT2D eigenvalue weighted by Crippen LogP contribution is 2.17. The molecule has 1 N–H and O–H groups in total. The zero-order valence-corrected chi connectivity index (χ0v) is 13.2. The van der Waals surface area contributed by atoms with Crippen LogP contribution in [0.2, 0.25) is 5.02 Å². The minimum absolute atomic E-state index is 0.165. The number of hydrogen-bond donors (Lipinski definition) is 1. The Kier molecular flexibility index (Phi) is 6.30. The first-order chi connectivity index (χ1) is 10.6. The Morgan fingerprint density at radius 2 is 1.73 bits per heavy atom. The third kappa shape index (κ3) is 5.79. The molecule has 0 aromatic heterocycles. The topological polar surface area (TPSA) is 55.4 Å². The Balaban J connectivity index is 1.69. The lowest BCUT2D eigenvalue weighted by Crippen LogP contribution is -2.21. The summed E-state index contributed by atoms with van der Waals surface area (Å²) in [7, 11) is 0. The predicted molar refractivity (Wildman–Crippen MR) is 88.2 cm³/mol. The first-order valence-electron chi connectivity index (χ1n) is 6.52. The van der Waals surface area contributed by atoms with Crippen LogP contribution in [0.25, 0.3) is 0 Å². The van der Waals surface area contributed by atoms with Gasteiger partial charge in [0, 0.05) is 15.6 Å². The molecule has 0 aliphatic heterocycles. The maximum absolute atomic E-state index is 11.6. The molecule has 2 aromatic rings. The van der Waals surface area contributed by atoms with E-state index in [0.717, 1.165) is 4.90 Å². The van der Waals surface area contributed by atoms with Crippen LogP contribution in [0.1, 0.15) is 0 Å². The number of thioether (sulfide) groups is 1. The lowest BCUT2D eigenvalue weighted by molar-refractivity contribution is -0.144. The molecular formula is C16H14ClNO3S. The lowest BCUT2D eigenvalue weighted by Gasteiger charge is -2.06. The number of halogens is 1. The predicted octanol–water partition coefficient (Wildman–Crippen LogP) is 3.61. The number of carbonyl (C=O) groups excluding carboxylic acids is 2. The van der Waals surface area contributed by atoms with Crippen LogP contribution in [-0.4, -0.2) is 24.2 Å². The van der Waals surface area contributed by atoms with Crippen LogP contribution in [0.3, 0.4) is 0 Å². The fraction of sp³-hybridized carbons (Fsp3) is 0.125. The van der Waals surface area contributed by atoms with Gasteiger partial charge in [0.25, 0.3) is 5.91 Å². The van der Waals surface area contributed by atoms with Crippen molar-refractivity contribution in [2.45, 2.75) is 4.90 Å². The molecule has 0 fully saturated rings. The average Bonchev–Trinajstić information content (AvgIpc) is 2.54. The number of rotatable bonds is 6. The van der Waals surface area contributed by atoms with Crippen molar-refractivity contribution in [3.8, 4) is 0 Å². The number of anilines is 1. The molecule has 2 rings (SSSR count). The molecule has 114 valence electrons. The molecule has 0 aliphatic carbocycles. The van der Waals surface area contributed by atoms with Crippen LogP contribution >= 0.6 is 23.4 Å². The van der Waals surface area contributed by atoms with Gasteiger partial charge in [-0.15, -0.1) is 11.8 Å². The van der Waals surface area contributed by atoms with E-state index in [1.807, 2.05) is 30.3 Å². The third-order valence-corrected chi connectivity index (χ3v) is 3.83. The van der Waals surface area contributed by atoms with Crippen LogP contribution in [0.5, 0.6) is 0 Å². The quantitative estimate of drug-likeness (QED) is 0.647. The van der Waals surface area contributed by atoms with Gasteiger partial charge in [0.15, 0.2) is 6.61 Å². The van der Waals surface area contributed by atoms with Gasteiger partial charge in [-0.2, -0.15) is 0 Å². The summed E-state index contributed by atoms with van der Waals surface area (Å²) in [5.41, 5.74) is 0.601. The van der Waals surface area contributed by atoms with Crippen LogP contribution < -0.4 is 5.32 Å². The zero-order chi connectivity index (χ0) is 15.8. The van der Waals surface area contributed by atoms with Crippen LogP contribution in [0.15, 0.2) is 59.5 Å². The second-order valence-electron chi connectivity index (χ2n) is 4.32. The standard InChI is InChI=1S/C16H14ClNO3S/c17-12-6-8-13(9-7-12)18-15(19)10-21-16(20)11-22-14-4-2-1-3-5-14/h1-9H,10-11H2,(H,18,19). The van der Waals surface area contributed by atoms with Gasteiger partial charge in [-0.05, 0) is 36.4 Å². The molecule has 0 unspecified atom stereocenters. The molecule has 2 aromatic carbocycles. The van der Waals surface area contributed by atoms with Gasteiger partial charge in [-0.1, -0.05) is 29.8 Å². The van der Waals surface area contributed by atoms with Gasteiger partial charge in [-0.25, -0.2) is 0 Å². The molecule has 6 heteroatoms. The van der Waals surface area contributed by atoms with Crippen molar-refractivity contribution in [1.29, 1.82) is 0 Å². The molecule has 0 radical (unpaired) electrons. The fourth-order valence-electron chi connectivity index (χ4n) is 1.58. The molecule has 0 saturated heterocycles. The summed E-state index contributed by atoms with van der Waals surface area (Å²) in [6.07, 6.45) is 0. The molecule has 0 aliphatic rings. The summed E-state index contributed by atoms with van der Waals surface area (Å²) in [6.45, 7) is -0.309. The van der Waals surface area contributed by atoms with E-state index in [1.165, 1.54) is 11.8 Å². The van der Waals surface area contributed by atoms with Crippen molar-refractivity contribution in [2.24, 2.45) is 0 Å². The smallest absolute Gasteiger partial charge is 0.316 e. The van der Waals surface area contributed by atoms with Crippen LogP contribution in [-0.2, 0) is 14.3 Å². The summed E-state index contributed by atoms with van der Waals surface area (Å²) in [5.74, 6) is -0.654. The highest BCUT2D eigenvalue weighted by molar-refractivity contribution is 8.00. The Hall–Kier alpha value is -1.98. The van der Waals surface area contributed by atoms with E-state index in [4.69, 9.17) is 16.3 Å². The normalized spacial score (nSPS) is 10.0. The molecular weight excluding hydrogens is 322 g/mol. The van der Waals surface area contributed by atoms with Gasteiger partial charge in [0.1, 0.15) is 0 Å². The second-order valence-corrected chi connectivity index (χ2v) is 5.80. The van der Waals surface area contributed by atoms with E-state index >= 15 is 0 Å². The molecule has 4 nitrogen and oxygen atoms in total. The Bertz CT molecular complexity index is 632. The highest BCUT2D eigenvalue weighted by atomic mass is 35.5. The molecule has 0 atom stereocenters. The van der Waals surface area contributed by atoms with Gasteiger partial charge in [0.05, 0.1) is 5.75 Å². The summed E-state index contributed by atoms with van der Waals surface area (Å²) in [4.78, 5) is 24.2. The SMILES string of the molecule is O=C(COC(=O)CSc1ccccc1)Nc1ccc(Cl)cc1. The summed E-state index contributed by atoms with van der Waals surface area (Å²) < 4.78 is 4.92. The summed E-state index contributed by atoms with van der Waals surface area (Å²) >= 11 is 7.12. The van der Waals surface area contributed by atoms with E-state index in [1.54, 1.807) is 24.3 Å². The minimum Gasteiger partial charge on any atom is -0.455 e. The first kappa shape index (κ1) is 16.4. The van der Waals surface area contributed by atoms with E-state index in [9.17, 15) is 9.59 Å². The van der Waals surface area contributed by atoms with Crippen molar-refractivity contribution in [2.75, 3.05) is 17.7 Å². The van der Waals surface area contributed by atoms with Crippen molar-refractivity contribution >= 4 is 40.9 Å². The van der Waals surface area contributed by atoms with Crippen molar-refractivity contribution < 1.29 is 14.3 Å². The maximum atomic E-state index is 11.6. The Labute approximate surface area is 137 Å². The Morgan fingerprint density at radius 3 is 2.41 bits per heavy atom. The van der Waals surface area contributed by atoms with Gasteiger partial charge >= 0.3 is 5.97 Å². The van der Waals surface area contributed by atoms with E-state index in [0.29, 0.717) is 10.7 Å². The number of ether oxygens (including phenoxy) is 1.